The number of nitrogens with zero attached hydrogens (tertiary/aromatic N) is 2. The Kier molecular flexibility index (Phi) is 6.37. The molecule has 1 heterocycles. The number of nitriles is 1. The van der Waals surface area contributed by atoms with Crippen LogP contribution >= 0.6 is 12.4 Å². The minimum Gasteiger partial charge on any atom is -0.330 e. The summed E-state index contributed by atoms with van der Waals surface area (Å²) in [6, 6.07) is 14.6. The first-order chi connectivity index (χ1) is 12.0. The minimum atomic E-state index is -3.81. The highest BCUT2D eigenvalue weighted by Crippen LogP contribution is 2.35. The standard InChI is InChI=1S/C18H18FN3O2S.ClH/c19-18-7-6-16(8-14(18)9-20)25(23,24)22-11-15(10-21)17(12-22)13-4-2-1-3-5-13;/h1-8,15,17H,10-12,21H2;1H/t15-,17+;/m1./s1. The van der Waals surface area contributed by atoms with E-state index >= 15 is 0 Å². The molecular formula is C18H19ClFN3O2S. The van der Waals surface area contributed by atoms with Gasteiger partial charge in [0.05, 0.1) is 10.5 Å². The predicted octanol–water partition coefficient (Wildman–Crippen LogP) is 2.48. The van der Waals surface area contributed by atoms with E-state index in [1.54, 1.807) is 6.07 Å². The van der Waals surface area contributed by atoms with Gasteiger partial charge in [-0.2, -0.15) is 9.57 Å². The third-order valence-corrected chi connectivity index (χ3v) is 6.46. The van der Waals surface area contributed by atoms with Gasteiger partial charge in [0.1, 0.15) is 11.9 Å². The monoisotopic (exact) mass is 395 g/mol. The smallest absolute Gasteiger partial charge is 0.243 e. The number of sulfonamides is 1. The van der Waals surface area contributed by atoms with Gasteiger partial charge < -0.3 is 5.73 Å². The van der Waals surface area contributed by atoms with Crippen LogP contribution in [0.1, 0.15) is 17.0 Å². The van der Waals surface area contributed by atoms with Gasteiger partial charge in [-0.05, 0) is 36.2 Å². The fraction of sp³-hybridized carbons (Fsp3) is 0.278. The zero-order valence-corrected chi connectivity index (χ0v) is 15.5. The summed E-state index contributed by atoms with van der Waals surface area (Å²) in [5, 5.41) is 8.93. The molecule has 0 aliphatic carbocycles. The Morgan fingerprint density at radius 1 is 1.19 bits per heavy atom. The highest BCUT2D eigenvalue weighted by molar-refractivity contribution is 7.89. The molecule has 5 nitrogen and oxygen atoms in total. The molecule has 0 unspecified atom stereocenters. The largest absolute Gasteiger partial charge is 0.330 e. The van der Waals surface area contributed by atoms with Crippen LogP contribution in [0.15, 0.2) is 53.4 Å². The summed E-state index contributed by atoms with van der Waals surface area (Å²) >= 11 is 0. The molecule has 2 aromatic rings. The molecule has 0 bridgehead atoms. The van der Waals surface area contributed by atoms with Gasteiger partial charge >= 0.3 is 0 Å². The van der Waals surface area contributed by atoms with Crippen molar-refractivity contribution < 1.29 is 12.8 Å². The third-order valence-electron chi connectivity index (χ3n) is 4.63. The molecule has 0 aromatic heterocycles. The topological polar surface area (TPSA) is 87.2 Å². The molecule has 8 heteroatoms. The van der Waals surface area contributed by atoms with Gasteiger partial charge in [0, 0.05) is 19.0 Å². The van der Waals surface area contributed by atoms with Gasteiger partial charge in [0.15, 0.2) is 0 Å². The van der Waals surface area contributed by atoms with Crippen LogP contribution in [0.25, 0.3) is 0 Å². The van der Waals surface area contributed by atoms with Crippen LogP contribution in [0.3, 0.4) is 0 Å². The molecule has 2 aromatic carbocycles. The van der Waals surface area contributed by atoms with E-state index in [1.807, 2.05) is 30.3 Å². The number of hydrogen-bond donors (Lipinski definition) is 1. The second-order valence-corrected chi connectivity index (χ2v) is 8.03. The van der Waals surface area contributed by atoms with E-state index in [-0.39, 0.29) is 34.7 Å². The van der Waals surface area contributed by atoms with Crippen LogP contribution in [0.4, 0.5) is 4.39 Å². The molecule has 1 fully saturated rings. The number of benzene rings is 2. The lowest BCUT2D eigenvalue weighted by Crippen LogP contribution is -2.30. The van der Waals surface area contributed by atoms with Crippen molar-refractivity contribution in [2.45, 2.75) is 10.8 Å². The molecule has 1 saturated heterocycles. The van der Waals surface area contributed by atoms with E-state index in [1.165, 1.54) is 10.4 Å². The number of rotatable bonds is 4. The lowest BCUT2D eigenvalue weighted by Gasteiger charge is -2.17. The quantitative estimate of drug-likeness (QED) is 0.861. The summed E-state index contributed by atoms with van der Waals surface area (Å²) in [4.78, 5) is -0.0741. The van der Waals surface area contributed by atoms with Gasteiger partial charge in [0.25, 0.3) is 0 Å². The van der Waals surface area contributed by atoms with Gasteiger partial charge in [-0.3, -0.25) is 0 Å². The van der Waals surface area contributed by atoms with E-state index in [0.29, 0.717) is 19.6 Å². The molecule has 3 rings (SSSR count). The van der Waals surface area contributed by atoms with Gasteiger partial charge in [0.2, 0.25) is 10.0 Å². The van der Waals surface area contributed by atoms with Crippen LogP contribution < -0.4 is 5.73 Å². The lowest BCUT2D eigenvalue weighted by atomic mass is 9.89. The van der Waals surface area contributed by atoms with Crippen molar-refractivity contribution in [1.29, 1.82) is 5.26 Å². The van der Waals surface area contributed by atoms with E-state index < -0.39 is 15.8 Å². The molecule has 0 spiro atoms. The fourth-order valence-corrected chi connectivity index (χ4v) is 4.79. The first-order valence-electron chi connectivity index (χ1n) is 7.92. The maximum atomic E-state index is 13.5. The van der Waals surface area contributed by atoms with Crippen LogP contribution in [0, 0.1) is 23.1 Å². The number of hydrogen-bond acceptors (Lipinski definition) is 4. The maximum absolute atomic E-state index is 13.5. The predicted molar refractivity (Wildman–Crippen MR) is 98.8 cm³/mol. The van der Waals surface area contributed by atoms with Crippen molar-refractivity contribution in [2.24, 2.45) is 11.7 Å². The molecule has 2 atom stereocenters. The van der Waals surface area contributed by atoms with Gasteiger partial charge in [-0.1, -0.05) is 30.3 Å². The lowest BCUT2D eigenvalue weighted by molar-refractivity contribution is 0.458. The van der Waals surface area contributed by atoms with E-state index in [4.69, 9.17) is 11.0 Å². The molecule has 0 amide bonds. The summed E-state index contributed by atoms with van der Waals surface area (Å²) in [5.41, 5.74) is 6.62. The van der Waals surface area contributed by atoms with Crippen molar-refractivity contribution in [3.8, 4) is 6.07 Å². The van der Waals surface area contributed by atoms with Crippen LogP contribution in [-0.2, 0) is 10.0 Å². The van der Waals surface area contributed by atoms with E-state index in [9.17, 15) is 12.8 Å². The second-order valence-electron chi connectivity index (χ2n) is 6.09. The molecule has 0 saturated carbocycles. The van der Waals surface area contributed by atoms with Gasteiger partial charge in [-0.25, -0.2) is 12.8 Å². The Hall–Kier alpha value is -1.98. The van der Waals surface area contributed by atoms with Crippen molar-refractivity contribution in [3.05, 3.63) is 65.5 Å². The van der Waals surface area contributed by atoms with Crippen LogP contribution in [0.5, 0.6) is 0 Å². The maximum Gasteiger partial charge on any atom is 0.243 e. The normalized spacial score (nSPS) is 20.3. The fourth-order valence-electron chi connectivity index (χ4n) is 3.24. The number of nitrogens with two attached hydrogens (primary N) is 1. The molecule has 2 N–H and O–H groups in total. The molecule has 26 heavy (non-hydrogen) atoms. The Morgan fingerprint density at radius 3 is 2.50 bits per heavy atom. The first kappa shape index (κ1) is 20.3. The summed E-state index contributed by atoms with van der Waals surface area (Å²) in [6.07, 6.45) is 0. The summed E-state index contributed by atoms with van der Waals surface area (Å²) in [6.45, 7) is 0.990. The summed E-state index contributed by atoms with van der Waals surface area (Å²) in [7, 11) is -3.81. The van der Waals surface area contributed by atoms with Crippen molar-refractivity contribution in [1.82, 2.24) is 4.31 Å². The third kappa shape index (κ3) is 3.74. The number of halogens is 2. The molecule has 1 aliphatic heterocycles. The van der Waals surface area contributed by atoms with Crippen LogP contribution in [0.2, 0.25) is 0 Å². The second kappa shape index (κ2) is 8.14. The van der Waals surface area contributed by atoms with E-state index in [2.05, 4.69) is 0 Å². The zero-order chi connectivity index (χ0) is 18.0. The Bertz CT molecular complexity index is 916. The van der Waals surface area contributed by atoms with Crippen LogP contribution in [-0.4, -0.2) is 32.4 Å². The van der Waals surface area contributed by atoms with E-state index in [0.717, 1.165) is 17.7 Å². The van der Waals surface area contributed by atoms with Crippen molar-refractivity contribution >= 4 is 22.4 Å². The molecule has 0 radical (unpaired) electrons. The minimum absolute atomic E-state index is 0. The Morgan fingerprint density at radius 2 is 1.88 bits per heavy atom. The van der Waals surface area contributed by atoms with Crippen molar-refractivity contribution in [2.75, 3.05) is 19.6 Å². The molecule has 1 aliphatic rings. The summed E-state index contributed by atoms with van der Waals surface area (Å²) < 4.78 is 40.7. The highest BCUT2D eigenvalue weighted by atomic mass is 35.5. The molecular weight excluding hydrogens is 377 g/mol. The average molecular weight is 396 g/mol. The molecule has 138 valence electrons. The summed E-state index contributed by atoms with van der Waals surface area (Å²) in [5.74, 6) is -0.713. The first-order valence-corrected chi connectivity index (χ1v) is 9.36. The highest BCUT2D eigenvalue weighted by Gasteiger charge is 2.39. The zero-order valence-electron chi connectivity index (χ0n) is 13.9. The Balaban J connectivity index is 0.00000243. The van der Waals surface area contributed by atoms with Crippen molar-refractivity contribution in [3.63, 3.8) is 0 Å². The average Bonchev–Trinajstić information content (AvgIpc) is 3.08. The Labute approximate surface area is 158 Å². The van der Waals surface area contributed by atoms with Gasteiger partial charge in [-0.15, -0.1) is 12.4 Å². The SMILES string of the molecule is Cl.N#Cc1cc(S(=O)(=O)N2C[C@@H](CN)[C@H](c3ccccc3)C2)ccc1F.